The molecule has 1 aromatic rings. The molecule has 0 radical (unpaired) electrons. The Morgan fingerprint density at radius 2 is 2.05 bits per heavy atom. The second-order valence-electron chi connectivity index (χ2n) is 5.09. The van der Waals surface area contributed by atoms with Crippen LogP contribution in [0.2, 0.25) is 0 Å². The molecular formula is C15H25N3O2. The second kappa shape index (κ2) is 8.55. The van der Waals surface area contributed by atoms with Crippen molar-refractivity contribution in [3.63, 3.8) is 0 Å². The van der Waals surface area contributed by atoms with Crippen LogP contribution in [0.15, 0.2) is 24.3 Å². The van der Waals surface area contributed by atoms with Crippen LogP contribution in [-0.4, -0.2) is 41.7 Å². The molecule has 0 bridgehead atoms. The van der Waals surface area contributed by atoms with Crippen molar-refractivity contribution in [3.8, 4) is 0 Å². The fourth-order valence-electron chi connectivity index (χ4n) is 2.02. The van der Waals surface area contributed by atoms with Crippen molar-refractivity contribution in [1.29, 1.82) is 0 Å². The lowest BCUT2D eigenvalue weighted by Gasteiger charge is -2.25. The lowest BCUT2D eigenvalue weighted by Crippen LogP contribution is -2.34. The number of rotatable bonds is 8. The van der Waals surface area contributed by atoms with Crippen LogP contribution >= 0.6 is 0 Å². The first-order valence-electron chi connectivity index (χ1n) is 7.04. The standard InChI is InChI=1S/C15H25N3O2/c1-12(2)18(10-11-19)9-5-8-15(20)17-14-7-4-3-6-13(14)16/h3-4,6-7,12,19H,5,8-11,16H2,1-2H3,(H,17,20). The fraction of sp³-hybridized carbons (Fsp3) is 0.533. The van der Waals surface area contributed by atoms with Gasteiger partial charge in [-0.1, -0.05) is 12.1 Å². The van der Waals surface area contributed by atoms with Crippen molar-refractivity contribution in [2.45, 2.75) is 32.7 Å². The lowest BCUT2D eigenvalue weighted by atomic mass is 10.2. The molecule has 20 heavy (non-hydrogen) atoms. The normalized spacial score (nSPS) is 11.1. The molecule has 0 aliphatic heterocycles. The number of nitrogen functional groups attached to an aromatic ring is 1. The van der Waals surface area contributed by atoms with Crippen molar-refractivity contribution in [2.75, 3.05) is 30.7 Å². The molecule has 1 rings (SSSR count). The predicted molar refractivity (Wildman–Crippen MR) is 82.5 cm³/mol. The van der Waals surface area contributed by atoms with Gasteiger partial charge in [-0.2, -0.15) is 0 Å². The summed E-state index contributed by atoms with van der Waals surface area (Å²) in [6.07, 6.45) is 1.21. The number of anilines is 2. The zero-order chi connectivity index (χ0) is 15.0. The SMILES string of the molecule is CC(C)N(CCO)CCCC(=O)Nc1ccccc1N. The van der Waals surface area contributed by atoms with Crippen LogP contribution < -0.4 is 11.1 Å². The number of carbonyl (C=O) groups is 1. The molecule has 0 saturated carbocycles. The van der Waals surface area contributed by atoms with Gasteiger partial charge in [0.1, 0.15) is 0 Å². The van der Waals surface area contributed by atoms with Gasteiger partial charge >= 0.3 is 0 Å². The first-order valence-corrected chi connectivity index (χ1v) is 7.04. The van der Waals surface area contributed by atoms with E-state index in [1.54, 1.807) is 12.1 Å². The van der Waals surface area contributed by atoms with Gasteiger partial charge in [-0.05, 0) is 38.9 Å². The molecule has 0 saturated heterocycles. The van der Waals surface area contributed by atoms with Gasteiger partial charge in [-0.25, -0.2) is 0 Å². The van der Waals surface area contributed by atoms with Gasteiger partial charge in [0, 0.05) is 19.0 Å². The number of hydrogen-bond donors (Lipinski definition) is 3. The Labute approximate surface area is 120 Å². The number of hydrogen-bond acceptors (Lipinski definition) is 4. The van der Waals surface area contributed by atoms with Gasteiger partial charge in [-0.15, -0.1) is 0 Å². The molecule has 112 valence electrons. The maximum absolute atomic E-state index is 11.8. The van der Waals surface area contributed by atoms with E-state index in [2.05, 4.69) is 24.1 Å². The minimum Gasteiger partial charge on any atom is -0.397 e. The molecule has 5 heteroatoms. The van der Waals surface area contributed by atoms with E-state index in [4.69, 9.17) is 10.8 Å². The number of nitrogens with zero attached hydrogens (tertiary/aromatic N) is 1. The minimum absolute atomic E-state index is 0.0318. The smallest absolute Gasteiger partial charge is 0.224 e. The number of aliphatic hydroxyl groups is 1. The van der Waals surface area contributed by atoms with Gasteiger partial charge in [0.2, 0.25) is 5.91 Å². The molecule has 0 heterocycles. The number of amides is 1. The van der Waals surface area contributed by atoms with E-state index in [1.807, 2.05) is 12.1 Å². The van der Waals surface area contributed by atoms with Crippen molar-refractivity contribution in [1.82, 2.24) is 4.90 Å². The first-order chi connectivity index (χ1) is 9.54. The van der Waals surface area contributed by atoms with Crippen molar-refractivity contribution < 1.29 is 9.90 Å². The van der Waals surface area contributed by atoms with Crippen LogP contribution in [0.5, 0.6) is 0 Å². The van der Waals surface area contributed by atoms with Crippen LogP contribution in [-0.2, 0) is 4.79 Å². The molecule has 0 aliphatic rings. The van der Waals surface area contributed by atoms with Crippen LogP contribution in [0, 0.1) is 0 Å². The van der Waals surface area contributed by atoms with Gasteiger partial charge < -0.3 is 16.2 Å². The van der Waals surface area contributed by atoms with Crippen molar-refractivity contribution in [2.24, 2.45) is 0 Å². The number of aliphatic hydroxyl groups excluding tert-OH is 1. The van der Waals surface area contributed by atoms with E-state index in [0.717, 1.165) is 13.0 Å². The largest absolute Gasteiger partial charge is 0.397 e. The third-order valence-corrected chi connectivity index (χ3v) is 3.20. The van der Waals surface area contributed by atoms with Gasteiger partial charge in [0.05, 0.1) is 18.0 Å². The molecule has 1 amide bonds. The summed E-state index contributed by atoms with van der Waals surface area (Å²) in [6.45, 7) is 5.76. The topological polar surface area (TPSA) is 78.6 Å². The van der Waals surface area contributed by atoms with Gasteiger partial charge in [0.25, 0.3) is 0 Å². The maximum Gasteiger partial charge on any atom is 0.224 e. The van der Waals surface area contributed by atoms with Gasteiger partial charge in [-0.3, -0.25) is 9.69 Å². The molecule has 0 atom stereocenters. The molecule has 0 fully saturated rings. The first kappa shape index (κ1) is 16.5. The van der Waals surface area contributed by atoms with E-state index in [9.17, 15) is 4.79 Å². The van der Waals surface area contributed by atoms with Crippen molar-refractivity contribution in [3.05, 3.63) is 24.3 Å². The summed E-state index contributed by atoms with van der Waals surface area (Å²) in [5.41, 5.74) is 7.01. The summed E-state index contributed by atoms with van der Waals surface area (Å²) < 4.78 is 0. The summed E-state index contributed by atoms with van der Waals surface area (Å²) in [4.78, 5) is 14.0. The molecule has 0 unspecified atom stereocenters. The summed E-state index contributed by atoms with van der Waals surface area (Å²) >= 11 is 0. The Morgan fingerprint density at radius 1 is 1.35 bits per heavy atom. The second-order valence-corrected chi connectivity index (χ2v) is 5.09. The van der Waals surface area contributed by atoms with E-state index in [0.29, 0.717) is 30.4 Å². The zero-order valence-corrected chi connectivity index (χ0v) is 12.3. The summed E-state index contributed by atoms with van der Waals surface area (Å²) in [7, 11) is 0. The van der Waals surface area contributed by atoms with E-state index in [1.165, 1.54) is 0 Å². The Hall–Kier alpha value is -1.59. The minimum atomic E-state index is -0.0318. The molecule has 0 spiro atoms. The number of para-hydroxylation sites is 2. The third kappa shape index (κ3) is 5.59. The Balaban J connectivity index is 2.35. The number of benzene rings is 1. The van der Waals surface area contributed by atoms with Gasteiger partial charge in [0.15, 0.2) is 0 Å². The molecule has 0 aromatic heterocycles. The maximum atomic E-state index is 11.8. The number of nitrogens with one attached hydrogen (secondary N) is 1. The Bertz CT molecular complexity index is 421. The summed E-state index contributed by atoms with van der Waals surface area (Å²) in [5.74, 6) is -0.0318. The predicted octanol–water partition coefficient (Wildman–Crippen LogP) is 1.69. The van der Waals surface area contributed by atoms with E-state index in [-0.39, 0.29) is 12.5 Å². The molecule has 4 N–H and O–H groups in total. The highest BCUT2D eigenvalue weighted by atomic mass is 16.3. The van der Waals surface area contributed by atoms with Crippen LogP contribution in [0.1, 0.15) is 26.7 Å². The van der Waals surface area contributed by atoms with E-state index < -0.39 is 0 Å². The average Bonchev–Trinajstić information content (AvgIpc) is 2.40. The van der Waals surface area contributed by atoms with E-state index >= 15 is 0 Å². The average molecular weight is 279 g/mol. The highest BCUT2D eigenvalue weighted by molar-refractivity contribution is 5.93. The lowest BCUT2D eigenvalue weighted by molar-refractivity contribution is -0.116. The fourth-order valence-corrected chi connectivity index (χ4v) is 2.02. The number of carbonyl (C=O) groups excluding carboxylic acids is 1. The quantitative estimate of drug-likeness (QED) is 0.633. The van der Waals surface area contributed by atoms with Crippen LogP contribution in [0.3, 0.4) is 0 Å². The van der Waals surface area contributed by atoms with Crippen LogP contribution in [0.25, 0.3) is 0 Å². The summed E-state index contributed by atoms with van der Waals surface area (Å²) in [6, 6.07) is 7.60. The molecule has 5 nitrogen and oxygen atoms in total. The summed E-state index contributed by atoms with van der Waals surface area (Å²) in [5, 5.41) is 11.8. The van der Waals surface area contributed by atoms with Crippen LogP contribution in [0.4, 0.5) is 11.4 Å². The monoisotopic (exact) mass is 279 g/mol. The van der Waals surface area contributed by atoms with Crippen molar-refractivity contribution >= 4 is 17.3 Å². The highest BCUT2D eigenvalue weighted by Crippen LogP contribution is 2.17. The highest BCUT2D eigenvalue weighted by Gasteiger charge is 2.10. The zero-order valence-electron chi connectivity index (χ0n) is 12.3. The Kier molecular flexibility index (Phi) is 7.04. The third-order valence-electron chi connectivity index (χ3n) is 3.20. The molecule has 0 aliphatic carbocycles. The molecular weight excluding hydrogens is 254 g/mol. The molecule has 1 aromatic carbocycles. The Morgan fingerprint density at radius 3 is 2.65 bits per heavy atom. The number of nitrogens with two attached hydrogens (primary N) is 1.